The van der Waals surface area contributed by atoms with Gasteiger partial charge in [-0.2, -0.15) is 11.3 Å². The predicted octanol–water partition coefficient (Wildman–Crippen LogP) is 1.22. The zero-order chi connectivity index (χ0) is 9.97. The summed E-state index contributed by atoms with van der Waals surface area (Å²) in [6.45, 7) is 0.597. The van der Waals surface area contributed by atoms with E-state index >= 15 is 0 Å². The molecule has 0 spiro atoms. The van der Waals surface area contributed by atoms with Gasteiger partial charge >= 0.3 is 0 Å². The van der Waals surface area contributed by atoms with Gasteiger partial charge in [0.1, 0.15) is 0 Å². The van der Waals surface area contributed by atoms with Gasteiger partial charge in [0, 0.05) is 23.5 Å². The predicted molar refractivity (Wildman–Crippen MR) is 57.4 cm³/mol. The van der Waals surface area contributed by atoms with Gasteiger partial charge in [-0.05, 0) is 30.2 Å². The lowest BCUT2D eigenvalue weighted by Crippen LogP contribution is -2.38. The molecule has 0 aliphatic heterocycles. The molecular formula is C10H14N2OS. The molecule has 14 heavy (non-hydrogen) atoms. The van der Waals surface area contributed by atoms with Gasteiger partial charge in [0.25, 0.3) is 5.91 Å². The summed E-state index contributed by atoms with van der Waals surface area (Å²) >= 11 is 1.53. The molecule has 1 aromatic rings. The van der Waals surface area contributed by atoms with E-state index in [2.05, 4.69) is 5.32 Å². The Bertz CT molecular complexity index is 306. The molecule has 3 nitrogen and oxygen atoms in total. The Balaban J connectivity index is 1.77. The number of carbonyl (C=O) groups excluding carboxylic acids is 1. The summed E-state index contributed by atoms with van der Waals surface area (Å²) in [5.74, 6) is 0.625. The fourth-order valence-electron chi connectivity index (χ4n) is 1.40. The lowest BCUT2D eigenvalue weighted by atomic mass is 10.2. The standard InChI is InChI=1S/C10H14N2OS/c11-9(7-1-2-7)5-12-10(13)8-3-4-14-6-8/h3-4,6-7,9H,1-2,5,11H2,(H,12,13). The first-order valence-corrected chi connectivity index (χ1v) is 5.77. The highest BCUT2D eigenvalue weighted by atomic mass is 32.1. The van der Waals surface area contributed by atoms with Crippen molar-refractivity contribution in [2.75, 3.05) is 6.54 Å². The Morgan fingerprint density at radius 3 is 3.07 bits per heavy atom. The molecule has 1 unspecified atom stereocenters. The van der Waals surface area contributed by atoms with E-state index < -0.39 is 0 Å². The molecule has 1 aromatic heterocycles. The van der Waals surface area contributed by atoms with E-state index in [4.69, 9.17) is 5.73 Å². The van der Waals surface area contributed by atoms with Crippen molar-refractivity contribution < 1.29 is 4.79 Å². The van der Waals surface area contributed by atoms with E-state index in [1.165, 1.54) is 24.2 Å². The van der Waals surface area contributed by atoms with Gasteiger partial charge in [-0.3, -0.25) is 4.79 Å². The van der Waals surface area contributed by atoms with Crippen LogP contribution >= 0.6 is 11.3 Å². The van der Waals surface area contributed by atoms with E-state index in [1.807, 2.05) is 16.8 Å². The van der Waals surface area contributed by atoms with Crippen LogP contribution in [0.1, 0.15) is 23.2 Å². The minimum absolute atomic E-state index is 0.0117. The summed E-state index contributed by atoms with van der Waals surface area (Å²) in [5.41, 5.74) is 6.60. The van der Waals surface area contributed by atoms with Crippen LogP contribution in [-0.4, -0.2) is 18.5 Å². The first-order chi connectivity index (χ1) is 6.77. The van der Waals surface area contributed by atoms with Crippen LogP contribution in [0.15, 0.2) is 16.8 Å². The first-order valence-electron chi connectivity index (χ1n) is 4.83. The van der Waals surface area contributed by atoms with E-state index in [1.54, 1.807) is 0 Å². The van der Waals surface area contributed by atoms with Crippen molar-refractivity contribution in [2.24, 2.45) is 11.7 Å². The molecule has 0 radical (unpaired) electrons. The van der Waals surface area contributed by atoms with Gasteiger partial charge in [0.15, 0.2) is 0 Å². The van der Waals surface area contributed by atoms with Crippen LogP contribution in [0.5, 0.6) is 0 Å². The third-order valence-electron chi connectivity index (χ3n) is 2.51. The van der Waals surface area contributed by atoms with E-state index in [9.17, 15) is 4.79 Å². The van der Waals surface area contributed by atoms with Crippen molar-refractivity contribution in [3.8, 4) is 0 Å². The van der Waals surface area contributed by atoms with Crippen molar-refractivity contribution in [1.29, 1.82) is 0 Å². The van der Waals surface area contributed by atoms with Gasteiger partial charge < -0.3 is 11.1 Å². The molecule has 4 heteroatoms. The van der Waals surface area contributed by atoms with Crippen molar-refractivity contribution in [2.45, 2.75) is 18.9 Å². The maximum absolute atomic E-state index is 11.5. The number of nitrogens with one attached hydrogen (secondary N) is 1. The second-order valence-electron chi connectivity index (χ2n) is 3.72. The maximum atomic E-state index is 11.5. The minimum Gasteiger partial charge on any atom is -0.350 e. The van der Waals surface area contributed by atoms with Gasteiger partial charge in [-0.15, -0.1) is 0 Å². The lowest BCUT2D eigenvalue weighted by molar-refractivity contribution is 0.0951. The number of carbonyl (C=O) groups is 1. The molecule has 0 aromatic carbocycles. The monoisotopic (exact) mass is 210 g/mol. The maximum Gasteiger partial charge on any atom is 0.252 e. The van der Waals surface area contributed by atoms with E-state index in [0.29, 0.717) is 12.5 Å². The third-order valence-corrected chi connectivity index (χ3v) is 3.19. The van der Waals surface area contributed by atoms with Crippen molar-refractivity contribution in [1.82, 2.24) is 5.32 Å². The SMILES string of the molecule is NC(CNC(=O)c1ccsc1)C1CC1. The summed E-state index contributed by atoms with van der Waals surface area (Å²) in [7, 11) is 0. The van der Waals surface area contributed by atoms with Gasteiger partial charge in [0.2, 0.25) is 0 Å². The summed E-state index contributed by atoms with van der Waals surface area (Å²) in [4.78, 5) is 11.5. The van der Waals surface area contributed by atoms with Crippen LogP contribution < -0.4 is 11.1 Å². The van der Waals surface area contributed by atoms with E-state index in [-0.39, 0.29) is 11.9 Å². The molecular weight excluding hydrogens is 196 g/mol. The van der Waals surface area contributed by atoms with Crippen molar-refractivity contribution >= 4 is 17.2 Å². The Labute approximate surface area is 87.3 Å². The molecule has 1 fully saturated rings. The molecule has 1 heterocycles. The highest BCUT2D eigenvalue weighted by Crippen LogP contribution is 2.31. The van der Waals surface area contributed by atoms with Crippen LogP contribution in [0.25, 0.3) is 0 Å². The number of thiophene rings is 1. The van der Waals surface area contributed by atoms with Gasteiger partial charge in [-0.25, -0.2) is 0 Å². The van der Waals surface area contributed by atoms with Gasteiger partial charge in [0.05, 0.1) is 0 Å². The summed E-state index contributed by atoms with van der Waals surface area (Å²) in [6, 6.07) is 1.96. The third kappa shape index (κ3) is 2.33. The molecule has 0 bridgehead atoms. The van der Waals surface area contributed by atoms with Crippen molar-refractivity contribution in [3.05, 3.63) is 22.4 Å². The van der Waals surface area contributed by atoms with Crippen LogP contribution in [0.3, 0.4) is 0 Å². The molecule has 1 amide bonds. The molecule has 1 atom stereocenters. The minimum atomic E-state index is -0.0117. The first kappa shape index (κ1) is 9.68. The number of rotatable bonds is 4. The molecule has 76 valence electrons. The molecule has 0 saturated heterocycles. The summed E-state index contributed by atoms with van der Waals surface area (Å²) in [5, 5.41) is 6.59. The Morgan fingerprint density at radius 2 is 2.50 bits per heavy atom. The smallest absolute Gasteiger partial charge is 0.252 e. The average molecular weight is 210 g/mol. The highest BCUT2D eigenvalue weighted by molar-refractivity contribution is 7.08. The fraction of sp³-hybridized carbons (Fsp3) is 0.500. The molecule has 1 aliphatic carbocycles. The van der Waals surface area contributed by atoms with Crippen LogP contribution in [0, 0.1) is 5.92 Å². The summed E-state index contributed by atoms with van der Waals surface area (Å²) in [6.07, 6.45) is 2.44. The fourth-order valence-corrected chi connectivity index (χ4v) is 2.03. The van der Waals surface area contributed by atoms with Crippen LogP contribution in [-0.2, 0) is 0 Å². The quantitative estimate of drug-likeness (QED) is 0.785. The normalized spacial score (nSPS) is 17.8. The Morgan fingerprint density at radius 1 is 1.71 bits per heavy atom. The largest absolute Gasteiger partial charge is 0.350 e. The average Bonchev–Trinajstić information content (AvgIpc) is 2.90. The number of nitrogens with two attached hydrogens (primary N) is 1. The Hall–Kier alpha value is -0.870. The lowest BCUT2D eigenvalue weighted by Gasteiger charge is -2.10. The molecule has 1 saturated carbocycles. The van der Waals surface area contributed by atoms with Crippen LogP contribution in [0.4, 0.5) is 0 Å². The summed E-state index contributed by atoms with van der Waals surface area (Å²) < 4.78 is 0. The Kier molecular flexibility index (Phi) is 2.84. The van der Waals surface area contributed by atoms with Crippen LogP contribution in [0.2, 0.25) is 0 Å². The molecule has 1 aliphatic rings. The topological polar surface area (TPSA) is 55.1 Å². The molecule has 2 rings (SSSR count). The van der Waals surface area contributed by atoms with Crippen molar-refractivity contribution in [3.63, 3.8) is 0 Å². The second kappa shape index (κ2) is 4.11. The molecule has 3 N–H and O–H groups in total. The zero-order valence-corrected chi connectivity index (χ0v) is 8.72. The van der Waals surface area contributed by atoms with Gasteiger partial charge in [-0.1, -0.05) is 0 Å². The number of hydrogen-bond acceptors (Lipinski definition) is 3. The second-order valence-corrected chi connectivity index (χ2v) is 4.50. The number of amides is 1. The highest BCUT2D eigenvalue weighted by Gasteiger charge is 2.28. The number of hydrogen-bond donors (Lipinski definition) is 2. The zero-order valence-electron chi connectivity index (χ0n) is 7.90. The van der Waals surface area contributed by atoms with E-state index in [0.717, 1.165) is 5.56 Å².